The molecule has 9 nitrogen and oxygen atoms in total. The second-order valence-electron chi connectivity index (χ2n) is 7.98. The molecule has 0 spiro atoms. The summed E-state index contributed by atoms with van der Waals surface area (Å²) in [5.74, 6) is -0.735. The van der Waals surface area contributed by atoms with Crippen molar-refractivity contribution in [3.8, 4) is 5.75 Å². The van der Waals surface area contributed by atoms with Crippen LogP contribution in [-0.2, 0) is 19.1 Å². The van der Waals surface area contributed by atoms with Crippen molar-refractivity contribution in [3.63, 3.8) is 0 Å². The van der Waals surface area contributed by atoms with Gasteiger partial charge in [-0.2, -0.15) is 0 Å². The van der Waals surface area contributed by atoms with Crippen molar-refractivity contribution in [1.29, 1.82) is 0 Å². The van der Waals surface area contributed by atoms with E-state index in [0.29, 0.717) is 24.6 Å². The zero-order valence-corrected chi connectivity index (χ0v) is 19.2. The SMILES string of the molecule is COCCN(CC(=O)Nc1cccc(C)c1C)CC(=O)N1C[C@H](C(N)=O)Oc2ccccc21. The molecule has 2 aromatic carbocycles. The van der Waals surface area contributed by atoms with Crippen LogP contribution in [0, 0.1) is 13.8 Å². The van der Waals surface area contributed by atoms with Crippen molar-refractivity contribution in [3.05, 3.63) is 53.6 Å². The van der Waals surface area contributed by atoms with E-state index in [-0.39, 0.29) is 31.4 Å². The maximum atomic E-state index is 13.2. The molecule has 1 atom stereocenters. The first-order chi connectivity index (χ1) is 15.8. The van der Waals surface area contributed by atoms with Gasteiger partial charge in [-0.05, 0) is 43.2 Å². The van der Waals surface area contributed by atoms with Gasteiger partial charge in [-0.15, -0.1) is 0 Å². The van der Waals surface area contributed by atoms with Crippen molar-refractivity contribution in [2.75, 3.05) is 50.1 Å². The minimum absolute atomic E-state index is 0.00766. The number of anilines is 2. The highest BCUT2D eigenvalue weighted by Gasteiger charge is 2.33. The summed E-state index contributed by atoms with van der Waals surface area (Å²) < 4.78 is 10.8. The molecule has 1 heterocycles. The van der Waals surface area contributed by atoms with E-state index in [1.54, 1.807) is 36.3 Å². The van der Waals surface area contributed by atoms with Gasteiger partial charge in [-0.1, -0.05) is 24.3 Å². The van der Waals surface area contributed by atoms with Gasteiger partial charge < -0.3 is 25.4 Å². The molecule has 0 aromatic heterocycles. The molecule has 1 aliphatic rings. The molecular weight excluding hydrogens is 424 g/mol. The molecule has 9 heteroatoms. The summed E-state index contributed by atoms with van der Waals surface area (Å²) in [6, 6.07) is 12.7. The largest absolute Gasteiger partial charge is 0.477 e. The highest BCUT2D eigenvalue weighted by molar-refractivity contribution is 5.99. The van der Waals surface area contributed by atoms with Crippen LogP contribution in [0.1, 0.15) is 11.1 Å². The Balaban J connectivity index is 1.72. The van der Waals surface area contributed by atoms with Gasteiger partial charge in [0.15, 0.2) is 6.10 Å². The average molecular weight is 455 g/mol. The first kappa shape index (κ1) is 24.2. The number of hydrogen-bond acceptors (Lipinski definition) is 6. The Morgan fingerprint density at radius 3 is 2.64 bits per heavy atom. The van der Waals surface area contributed by atoms with Crippen LogP contribution < -0.4 is 20.7 Å². The molecule has 3 amide bonds. The molecule has 0 saturated carbocycles. The molecule has 0 bridgehead atoms. The zero-order valence-electron chi connectivity index (χ0n) is 19.2. The summed E-state index contributed by atoms with van der Waals surface area (Å²) >= 11 is 0. The second kappa shape index (κ2) is 10.9. The van der Waals surface area contributed by atoms with Gasteiger partial charge >= 0.3 is 0 Å². The quantitative estimate of drug-likeness (QED) is 0.593. The van der Waals surface area contributed by atoms with E-state index in [1.165, 1.54) is 4.90 Å². The maximum absolute atomic E-state index is 13.2. The van der Waals surface area contributed by atoms with E-state index in [0.717, 1.165) is 16.8 Å². The third kappa shape index (κ3) is 6.09. The number of nitrogens with zero attached hydrogens (tertiary/aromatic N) is 2. The Labute approximate surface area is 193 Å². The van der Waals surface area contributed by atoms with E-state index in [1.807, 2.05) is 32.0 Å². The topological polar surface area (TPSA) is 114 Å². The zero-order chi connectivity index (χ0) is 24.0. The number of amides is 3. The van der Waals surface area contributed by atoms with Crippen LogP contribution >= 0.6 is 0 Å². The van der Waals surface area contributed by atoms with E-state index in [4.69, 9.17) is 15.2 Å². The third-order valence-electron chi connectivity index (χ3n) is 5.61. The fourth-order valence-electron chi connectivity index (χ4n) is 3.61. The molecule has 0 aliphatic carbocycles. The van der Waals surface area contributed by atoms with Crippen LogP contribution in [0.2, 0.25) is 0 Å². The number of carbonyl (C=O) groups excluding carboxylic acids is 3. The highest BCUT2D eigenvalue weighted by Crippen LogP contribution is 2.33. The predicted molar refractivity (Wildman–Crippen MR) is 125 cm³/mol. The number of nitrogens with two attached hydrogens (primary N) is 1. The lowest BCUT2D eigenvalue weighted by molar-refractivity contribution is -0.125. The lowest BCUT2D eigenvalue weighted by Crippen LogP contribution is -2.52. The Bertz CT molecular complexity index is 1030. The minimum Gasteiger partial charge on any atom is -0.477 e. The standard InChI is InChI=1S/C24H30N4O5/c1-16-7-6-8-18(17(16)2)26-22(29)14-27(11-12-32-3)15-23(30)28-13-21(24(25)31)33-20-10-5-4-9-19(20)28/h4-10,21H,11-15H2,1-3H3,(H2,25,31)(H,26,29)/t21-/m1/s1. The molecule has 0 saturated heterocycles. The van der Waals surface area contributed by atoms with E-state index in [2.05, 4.69) is 5.32 Å². The smallest absolute Gasteiger partial charge is 0.260 e. The number of aryl methyl sites for hydroxylation is 1. The van der Waals surface area contributed by atoms with Crippen LogP contribution in [-0.4, -0.2) is 68.6 Å². The monoisotopic (exact) mass is 454 g/mol. The van der Waals surface area contributed by atoms with Crippen molar-refractivity contribution >= 4 is 29.1 Å². The summed E-state index contributed by atoms with van der Waals surface area (Å²) in [6.07, 6.45) is -0.941. The number of benzene rings is 2. The molecule has 3 N–H and O–H groups in total. The van der Waals surface area contributed by atoms with Crippen LogP contribution in [0.4, 0.5) is 11.4 Å². The summed E-state index contributed by atoms with van der Waals surface area (Å²) in [7, 11) is 1.56. The lowest BCUT2D eigenvalue weighted by atomic mass is 10.1. The molecule has 0 fully saturated rings. The van der Waals surface area contributed by atoms with E-state index >= 15 is 0 Å². The summed E-state index contributed by atoms with van der Waals surface area (Å²) in [5, 5.41) is 2.92. The Hall–Kier alpha value is -3.43. The Morgan fingerprint density at radius 2 is 1.91 bits per heavy atom. The number of primary amides is 1. The third-order valence-corrected chi connectivity index (χ3v) is 5.61. The summed E-state index contributed by atoms with van der Waals surface area (Å²) in [5.41, 5.74) is 8.81. The number of methoxy groups -OCH3 is 1. The van der Waals surface area contributed by atoms with E-state index in [9.17, 15) is 14.4 Å². The van der Waals surface area contributed by atoms with Crippen molar-refractivity contribution in [2.24, 2.45) is 5.73 Å². The van der Waals surface area contributed by atoms with E-state index < -0.39 is 12.0 Å². The van der Waals surface area contributed by atoms with Crippen molar-refractivity contribution < 1.29 is 23.9 Å². The van der Waals surface area contributed by atoms with Crippen LogP contribution in [0.5, 0.6) is 5.75 Å². The Kier molecular flexibility index (Phi) is 8.02. The van der Waals surface area contributed by atoms with Crippen LogP contribution in [0.15, 0.2) is 42.5 Å². The predicted octanol–water partition coefficient (Wildman–Crippen LogP) is 1.47. The molecule has 2 aromatic rings. The molecule has 0 radical (unpaired) electrons. The highest BCUT2D eigenvalue weighted by atomic mass is 16.5. The molecule has 3 rings (SSSR count). The normalized spacial score (nSPS) is 15.0. The Morgan fingerprint density at radius 1 is 1.15 bits per heavy atom. The number of carbonyl (C=O) groups is 3. The van der Waals surface area contributed by atoms with Gasteiger partial charge in [-0.3, -0.25) is 19.3 Å². The second-order valence-corrected chi connectivity index (χ2v) is 7.98. The number of nitrogens with one attached hydrogen (secondary N) is 1. The number of rotatable bonds is 9. The summed E-state index contributed by atoms with van der Waals surface area (Å²) in [6.45, 7) is 4.65. The fraction of sp³-hybridized carbons (Fsp3) is 0.375. The molecule has 33 heavy (non-hydrogen) atoms. The first-order valence-corrected chi connectivity index (χ1v) is 10.7. The van der Waals surface area contributed by atoms with Crippen LogP contribution in [0.3, 0.4) is 0 Å². The average Bonchev–Trinajstić information content (AvgIpc) is 2.79. The van der Waals surface area contributed by atoms with Gasteiger partial charge in [0.05, 0.1) is 31.9 Å². The van der Waals surface area contributed by atoms with Gasteiger partial charge in [0.2, 0.25) is 11.8 Å². The molecule has 1 aliphatic heterocycles. The molecular formula is C24H30N4O5. The number of fused-ring (bicyclic) bond motifs is 1. The number of hydrogen-bond donors (Lipinski definition) is 2. The van der Waals surface area contributed by atoms with Gasteiger partial charge in [0, 0.05) is 19.3 Å². The van der Waals surface area contributed by atoms with Crippen LogP contribution in [0.25, 0.3) is 0 Å². The summed E-state index contributed by atoms with van der Waals surface area (Å²) in [4.78, 5) is 40.9. The molecule has 0 unspecified atom stereocenters. The maximum Gasteiger partial charge on any atom is 0.260 e. The fourth-order valence-corrected chi connectivity index (χ4v) is 3.61. The number of ether oxygens (including phenoxy) is 2. The first-order valence-electron chi connectivity index (χ1n) is 10.7. The molecule has 176 valence electrons. The van der Waals surface area contributed by atoms with Gasteiger partial charge in [-0.25, -0.2) is 0 Å². The minimum atomic E-state index is -0.941. The lowest BCUT2D eigenvalue weighted by Gasteiger charge is -2.34. The van der Waals surface area contributed by atoms with Crippen molar-refractivity contribution in [1.82, 2.24) is 4.90 Å². The van der Waals surface area contributed by atoms with Gasteiger partial charge in [0.1, 0.15) is 5.75 Å². The van der Waals surface area contributed by atoms with Crippen molar-refractivity contribution in [2.45, 2.75) is 20.0 Å². The van der Waals surface area contributed by atoms with Gasteiger partial charge in [0.25, 0.3) is 5.91 Å². The number of para-hydroxylation sites is 2.